The van der Waals surface area contributed by atoms with Gasteiger partial charge in [0, 0.05) is 5.92 Å². The first-order valence-corrected chi connectivity index (χ1v) is 5.15. The zero-order valence-corrected chi connectivity index (χ0v) is 7.74. The van der Waals surface area contributed by atoms with Gasteiger partial charge in [0.2, 0.25) is 0 Å². The molecule has 0 radical (unpaired) electrons. The molecule has 12 heavy (non-hydrogen) atoms. The quantitative estimate of drug-likeness (QED) is 0.548. The average molecular weight is 166 g/mol. The van der Waals surface area contributed by atoms with E-state index < -0.39 is 0 Å². The lowest BCUT2D eigenvalue weighted by Crippen LogP contribution is -2.36. The summed E-state index contributed by atoms with van der Waals surface area (Å²) in [5.74, 6) is 1.63. The van der Waals surface area contributed by atoms with Crippen LogP contribution in [0.5, 0.6) is 0 Å². The minimum Gasteiger partial charge on any atom is -0.392 e. The molecule has 1 N–H and O–H groups in total. The Morgan fingerprint density at radius 1 is 1.17 bits per heavy atom. The van der Waals surface area contributed by atoms with E-state index >= 15 is 0 Å². The van der Waals surface area contributed by atoms with E-state index in [9.17, 15) is 5.11 Å². The number of allylic oxidation sites excluding steroid dienone is 1. The maximum atomic E-state index is 9.92. The molecule has 0 aromatic heterocycles. The van der Waals surface area contributed by atoms with E-state index in [2.05, 4.69) is 19.1 Å². The van der Waals surface area contributed by atoms with E-state index in [0.29, 0.717) is 17.8 Å². The molecule has 2 rings (SSSR count). The third kappa shape index (κ3) is 1.31. The van der Waals surface area contributed by atoms with E-state index in [1.54, 1.807) is 0 Å². The van der Waals surface area contributed by atoms with Crippen LogP contribution >= 0.6 is 0 Å². The summed E-state index contributed by atoms with van der Waals surface area (Å²) >= 11 is 0. The van der Waals surface area contributed by atoms with E-state index in [1.165, 1.54) is 25.7 Å². The van der Waals surface area contributed by atoms with Crippen molar-refractivity contribution in [1.82, 2.24) is 0 Å². The summed E-state index contributed by atoms with van der Waals surface area (Å²) in [7, 11) is 0. The van der Waals surface area contributed by atoms with Crippen LogP contribution in [0.2, 0.25) is 0 Å². The van der Waals surface area contributed by atoms with Crippen molar-refractivity contribution in [3.8, 4) is 0 Å². The van der Waals surface area contributed by atoms with Crippen molar-refractivity contribution in [2.24, 2.45) is 17.8 Å². The molecule has 0 aliphatic heterocycles. The van der Waals surface area contributed by atoms with Gasteiger partial charge in [0.1, 0.15) is 0 Å². The number of rotatable bonds is 0. The monoisotopic (exact) mass is 166 g/mol. The molecule has 1 fully saturated rings. The molecule has 0 aromatic rings. The second kappa shape index (κ2) is 3.21. The summed E-state index contributed by atoms with van der Waals surface area (Å²) < 4.78 is 0. The van der Waals surface area contributed by atoms with Crippen LogP contribution in [0.15, 0.2) is 12.2 Å². The normalized spacial score (nSPS) is 47.2. The van der Waals surface area contributed by atoms with Crippen LogP contribution in [0.3, 0.4) is 0 Å². The minimum atomic E-state index is -0.0692. The van der Waals surface area contributed by atoms with Crippen LogP contribution in [0.25, 0.3) is 0 Å². The fourth-order valence-electron chi connectivity index (χ4n) is 2.67. The third-order valence-corrected chi connectivity index (χ3v) is 3.51. The zero-order chi connectivity index (χ0) is 8.55. The van der Waals surface area contributed by atoms with Gasteiger partial charge < -0.3 is 5.11 Å². The van der Waals surface area contributed by atoms with Crippen molar-refractivity contribution in [3.63, 3.8) is 0 Å². The number of hydrogen-bond acceptors (Lipinski definition) is 1. The molecule has 1 nitrogen and oxygen atoms in total. The molecule has 0 amide bonds. The first-order valence-electron chi connectivity index (χ1n) is 5.15. The molecule has 0 aromatic carbocycles. The van der Waals surface area contributed by atoms with Gasteiger partial charge in [-0.1, -0.05) is 31.9 Å². The van der Waals surface area contributed by atoms with Crippen molar-refractivity contribution >= 4 is 0 Å². The van der Waals surface area contributed by atoms with E-state index in [1.807, 2.05) is 0 Å². The predicted molar refractivity (Wildman–Crippen MR) is 49.8 cm³/mol. The molecular formula is C11H18O. The van der Waals surface area contributed by atoms with Crippen molar-refractivity contribution < 1.29 is 5.11 Å². The first kappa shape index (κ1) is 8.31. The van der Waals surface area contributed by atoms with Crippen LogP contribution in [0.4, 0.5) is 0 Å². The van der Waals surface area contributed by atoms with Gasteiger partial charge in [0.05, 0.1) is 6.10 Å². The highest BCUT2D eigenvalue weighted by Crippen LogP contribution is 2.38. The summed E-state index contributed by atoms with van der Waals surface area (Å²) in [6.45, 7) is 2.12. The molecule has 4 atom stereocenters. The summed E-state index contributed by atoms with van der Waals surface area (Å²) in [5, 5.41) is 9.92. The highest BCUT2D eigenvalue weighted by Gasteiger charge is 2.34. The van der Waals surface area contributed by atoms with Crippen LogP contribution in [0.1, 0.15) is 32.6 Å². The molecule has 0 spiro atoms. The summed E-state index contributed by atoms with van der Waals surface area (Å²) in [4.78, 5) is 0. The van der Waals surface area contributed by atoms with Crippen LogP contribution in [-0.4, -0.2) is 11.2 Å². The Morgan fingerprint density at radius 3 is 2.75 bits per heavy atom. The SMILES string of the molecule is CC1C=CC2CCCCC2[C@H]1O. The number of aliphatic hydroxyl groups excluding tert-OH is 1. The lowest BCUT2D eigenvalue weighted by molar-refractivity contribution is 0.0271. The molecule has 2 aliphatic carbocycles. The average Bonchev–Trinajstić information content (AvgIpc) is 2.12. The van der Waals surface area contributed by atoms with Crippen LogP contribution < -0.4 is 0 Å². The second-order valence-corrected chi connectivity index (χ2v) is 4.35. The van der Waals surface area contributed by atoms with Gasteiger partial charge in [-0.25, -0.2) is 0 Å². The van der Waals surface area contributed by atoms with Gasteiger partial charge in [-0.15, -0.1) is 0 Å². The minimum absolute atomic E-state index is 0.0692. The molecule has 1 heteroatoms. The standard InChI is InChI=1S/C11H18O/c1-8-6-7-9-4-2-3-5-10(9)11(8)12/h6-12H,2-5H2,1H3/t8?,9?,10?,11-/m0/s1. The number of hydrogen-bond donors (Lipinski definition) is 1. The predicted octanol–water partition coefficient (Wildman–Crippen LogP) is 2.36. The molecule has 0 heterocycles. The van der Waals surface area contributed by atoms with E-state index in [4.69, 9.17) is 0 Å². The Labute approximate surface area is 74.5 Å². The molecule has 0 bridgehead atoms. The van der Waals surface area contributed by atoms with Gasteiger partial charge in [0.15, 0.2) is 0 Å². The maximum absolute atomic E-state index is 9.92. The van der Waals surface area contributed by atoms with Crippen molar-refractivity contribution in [1.29, 1.82) is 0 Å². The Kier molecular flexibility index (Phi) is 2.22. The van der Waals surface area contributed by atoms with Gasteiger partial charge in [-0.05, 0) is 24.7 Å². The Morgan fingerprint density at radius 2 is 1.92 bits per heavy atom. The molecule has 68 valence electrons. The smallest absolute Gasteiger partial charge is 0.0633 e. The van der Waals surface area contributed by atoms with Gasteiger partial charge >= 0.3 is 0 Å². The summed E-state index contributed by atoms with van der Waals surface area (Å²) in [6.07, 6.45) is 9.66. The van der Waals surface area contributed by atoms with Crippen molar-refractivity contribution in [3.05, 3.63) is 12.2 Å². The highest BCUT2D eigenvalue weighted by atomic mass is 16.3. The van der Waals surface area contributed by atoms with Crippen molar-refractivity contribution in [2.75, 3.05) is 0 Å². The largest absolute Gasteiger partial charge is 0.392 e. The molecule has 3 unspecified atom stereocenters. The lowest BCUT2D eigenvalue weighted by atomic mass is 9.70. The molecule has 0 saturated heterocycles. The summed E-state index contributed by atoms with van der Waals surface area (Å²) in [6, 6.07) is 0. The first-order chi connectivity index (χ1) is 5.79. The second-order valence-electron chi connectivity index (χ2n) is 4.35. The lowest BCUT2D eigenvalue weighted by Gasteiger charge is -2.38. The topological polar surface area (TPSA) is 20.2 Å². The van der Waals surface area contributed by atoms with Gasteiger partial charge in [0.25, 0.3) is 0 Å². The Bertz CT molecular complexity index is 185. The maximum Gasteiger partial charge on any atom is 0.0633 e. The zero-order valence-electron chi connectivity index (χ0n) is 7.74. The van der Waals surface area contributed by atoms with Crippen LogP contribution in [0, 0.1) is 17.8 Å². The molecular weight excluding hydrogens is 148 g/mol. The van der Waals surface area contributed by atoms with Crippen LogP contribution in [-0.2, 0) is 0 Å². The summed E-state index contributed by atoms with van der Waals surface area (Å²) in [5.41, 5.74) is 0. The third-order valence-electron chi connectivity index (χ3n) is 3.51. The number of fused-ring (bicyclic) bond motifs is 1. The Balaban J connectivity index is 2.13. The number of aliphatic hydroxyl groups is 1. The van der Waals surface area contributed by atoms with E-state index in [0.717, 1.165) is 0 Å². The fourth-order valence-corrected chi connectivity index (χ4v) is 2.67. The Hall–Kier alpha value is -0.300. The van der Waals surface area contributed by atoms with Gasteiger partial charge in [-0.2, -0.15) is 0 Å². The molecule has 2 aliphatic rings. The fraction of sp³-hybridized carbons (Fsp3) is 0.818. The highest BCUT2D eigenvalue weighted by molar-refractivity contribution is 5.05. The molecule has 1 saturated carbocycles. The van der Waals surface area contributed by atoms with E-state index in [-0.39, 0.29) is 6.10 Å². The van der Waals surface area contributed by atoms with Crippen molar-refractivity contribution in [2.45, 2.75) is 38.7 Å². The van der Waals surface area contributed by atoms with Gasteiger partial charge in [-0.3, -0.25) is 0 Å².